The molecule has 0 unspecified atom stereocenters. The Bertz CT molecular complexity index is 1240. The summed E-state index contributed by atoms with van der Waals surface area (Å²) in [7, 11) is 3.78. The lowest BCUT2D eigenvalue weighted by atomic mass is 10.0. The second-order valence-electron chi connectivity index (χ2n) is 9.67. The van der Waals surface area contributed by atoms with Crippen LogP contribution < -0.4 is 15.4 Å². The Morgan fingerprint density at radius 1 is 0.919 bits per heavy atom. The van der Waals surface area contributed by atoms with Gasteiger partial charge in [0.2, 0.25) is 5.91 Å². The largest absolute Gasteiger partial charge is 0.461 e. The van der Waals surface area contributed by atoms with Gasteiger partial charge >= 0.3 is 6.01 Å². The van der Waals surface area contributed by atoms with E-state index in [4.69, 9.17) is 15.2 Å². The number of amides is 1. The van der Waals surface area contributed by atoms with Gasteiger partial charge < -0.3 is 20.1 Å². The summed E-state index contributed by atoms with van der Waals surface area (Å²) in [6.45, 7) is 6.53. The molecule has 9 heteroatoms. The fourth-order valence-corrected chi connectivity index (χ4v) is 4.77. The van der Waals surface area contributed by atoms with E-state index in [9.17, 15) is 4.79 Å². The highest BCUT2D eigenvalue weighted by molar-refractivity contribution is 6.01. The normalized spacial score (nSPS) is 16.3. The van der Waals surface area contributed by atoms with Gasteiger partial charge in [-0.25, -0.2) is 0 Å². The molecule has 3 aromatic rings. The highest BCUT2D eigenvalue weighted by Gasteiger charge is 2.32. The van der Waals surface area contributed by atoms with Crippen molar-refractivity contribution in [3.05, 3.63) is 65.2 Å². The van der Waals surface area contributed by atoms with E-state index in [1.807, 2.05) is 0 Å². The monoisotopic (exact) mass is 502 g/mol. The lowest BCUT2D eigenvalue weighted by Crippen LogP contribution is -2.43. The van der Waals surface area contributed by atoms with Crippen LogP contribution in [0, 0.1) is 0 Å². The maximum absolute atomic E-state index is 12.8. The van der Waals surface area contributed by atoms with Crippen molar-refractivity contribution >= 4 is 17.5 Å². The third kappa shape index (κ3) is 5.90. The van der Waals surface area contributed by atoms with Crippen LogP contribution in [0.4, 0.5) is 11.6 Å². The smallest absolute Gasteiger partial charge is 0.320 e. The zero-order valence-corrected chi connectivity index (χ0v) is 21.5. The quantitative estimate of drug-likeness (QED) is 0.446. The van der Waals surface area contributed by atoms with E-state index in [1.54, 1.807) is 12.0 Å². The van der Waals surface area contributed by atoms with Crippen molar-refractivity contribution in [1.82, 2.24) is 19.8 Å². The summed E-state index contributed by atoms with van der Waals surface area (Å²) in [5, 5.41) is 0. The average molecular weight is 503 g/mol. The zero-order valence-electron chi connectivity index (χ0n) is 21.5. The van der Waals surface area contributed by atoms with Crippen molar-refractivity contribution in [3.8, 4) is 17.1 Å². The third-order valence-corrected chi connectivity index (χ3v) is 6.96. The van der Waals surface area contributed by atoms with E-state index in [0.29, 0.717) is 31.1 Å². The van der Waals surface area contributed by atoms with E-state index in [0.717, 1.165) is 43.9 Å². The lowest BCUT2D eigenvalue weighted by molar-refractivity contribution is -0.117. The molecule has 1 amide bonds. The first-order valence-electron chi connectivity index (χ1n) is 12.7. The van der Waals surface area contributed by atoms with Gasteiger partial charge in [-0.2, -0.15) is 9.97 Å². The van der Waals surface area contributed by atoms with Crippen LogP contribution in [-0.2, 0) is 29.0 Å². The fraction of sp³-hybridized carbons (Fsp3) is 0.393. The molecule has 0 bridgehead atoms. The number of carbonyl (C=O) groups is 1. The molecule has 5 rings (SSSR count). The van der Waals surface area contributed by atoms with Gasteiger partial charge in [0.1, 0.15) is 18.2 Å². The molecule has 2 aliphatic rings. The van der Waals surface area contributed by atoms with Crippen molar-refractivity contribution < 1.29 is 14.3 Å². The minimum atomic E-state index is -0.0503. The summed E-state index contributed by atoms with van der Waals surface area (Å²) >= 11 is 0. The Morgan fingerprint density at radius 3 is 2.46 bits per heavy atom. The molecule has 0 atom stereocenters. The number of fused-ring (bicyclic) bond motifs is 1. The number of methoxy groups -OCH3 is 1. The molecule has 0 radical (unpaired) electrons. The molecule has 1 fully saturated rings. The molecule has 0 spiro atoms. The van der Waals surface area contributed by atoms with Gasteiger partial charge in [0.05, 0.1) is 19.6 Å². The number of nitrogen functional groups attached to an aromatic ring is 1. The van der Waals surface area contributed by atoms with Crippen LogP contribution in [0.3, 0.4) is 0 Å². The summed E-state index contributed by atoms with van der Waals surface area (Å²) in [6.07, 6.45) is 0.192. The van der Waals surface area contributed by atoms with Crippen LogP contribution in [0.1, 0.15) is 16.7 Å². The number of carbonyl (C=O) groups excluding carboxylic acids is 1. The van der Waals surface area contributed by atoms with E-state index < -0.39 is 0 Å². The summed E-state index contributed by atoms with van der Waals surface area (Å²) in [5.74, 6) is 0.747. The Balaban J connectivity index is 1.27. The van der Waals surface area contributed by atoms with E-state index >= 15 is 0 Å². The Kier molecular flexibility index (Phi) is 7.64. The highest BCUT2D eigenvalue weighted by Crippen LogP contribution is 2.33. The van der Waals surface area contributed by atoms with Crippen LogP contribution in [0.5, 0.6) is 6.01 Å². The molecule has 0 aliphatic carbocycles. The Morgan fingerprint density at radius 2 is 1.70 bits per heavy atom. The van der Waals surface area contributed by atoms with Gasteiger partial charge in [-0.05, 0) is 35.4 Å². The third-order valence-electron chi connectivity index (χ3n) is 6.96. The highest BCUT2D eigenvalue weighted by atomic mass is 16.5. The van der Waals surface area contributed by atoms with E-state index in [2.05, 4.69) is 75.3 Å². The predicted molar refractivity (Wildman–Crippen MR) is 143 cm³/mol. The molecule has 1 aromatic heterocycles. The number of anilines is 2. The summed E-state index contributed by atoms with van der Waals surface area (Å²) in [4.78, 5) is 28.0. The number of nitrogens with zero attached hydrogens (tertiary/aromatic N) is 5. The number of rotatable bonds is 9. The molecule has 2 aliphatic heterocycles. The van der Waals surface area contributed by atoms with Crippen LogP contribution in [0.25, 0.3) is 11.1 Å². The molecular weight excluding hydrogens is 468 g/mol. The standard InChI is InChI=1S/C28H34N6O3/c1-32-10-12-33(13-11-32)18-21-4-3-5-23(16-21)22-8-6-20(7-9-22)19-34-25(35)17-24-26(29)30-28(31-27(24)34)37-15-14-36-2/h3-9,16H,10-15,17-19H2,1-2H3,(H2,29,30,31). The number of aromatic nitrogens is 2. The second kappa shape index (κ2) is 11.2. The summed E-state index contributed by atoms with van der Waals surface area (Å²) in [5.41, 5.74) is 11.4. The molecular formula is C28H34N6O3. The number of nitrogens with two attached hydrogens (primary N) is 1. The molecule has 1 saturated heterocycles. The molecule has 2 N–H and O–H groups in total. The van der Waals surface area contributed by atoms with Crippen LogP contribution in [-0.4, -0.2) is 79.2 Å². The van der Waals surface area contributed by atoms with Gasteiger partial charge in [-0.3, -0.25) is 14.6 Å². The first-order chi connectivity index (χ1) is 18.0. The molecule has 0 saturated carbocycles. The number of hydrogen-bond acceptors (Lipinski definition) is 8. The van der Waals surface area contributed by atoms with Crippen molar-refractivity contribution in [2.24, 2.45) is 0 Å². The minimum absolute atomic E-state index is 0.0503. The second-order valence-corrected chi connectivity index (χ2v) is 9.67. The van der Waals surface area contributed by atoms with Crippen molar-refractivity contribution in [3.63, 3.8) is 0 Å². The average Bonchev–Trinajstić information content (AvgIpc) is 3.22. The van der Waals surface area contributed by atoms with E-state index in [1.165, 1.54) is 11.1 Å². The topological polar surface area (TPSA) is 97.0 Å². The van der Waals surface area contributed by atoms with Gasteiger partial charge in [-0.1, -0.05) is 42.5 Å². The Hall–Kier alpha value is -3.53. The summed E-state index contributed by atoms with van der Waals surface area (Å²) in [6, 6.07) is 17.3. The Labute approximate surface area is 217 Å². The predicted octanol–water partition coefficient (Wildman–Crippen LogP) is 2.59. The van der Waals surface area contributed by atoms with Crippen LogP contribution >= 0.6 is 0 Å². The zero-order chi connectivity index (χ0) is 25.8. The number of ether oxygens (including phenoxy) is 2. The van der Waals surface area contributed by atoms with Crippen molar-refractivity contribution in [2.45, 2.75) is 19.5 Å². The minimum Gasteiger partial charge on any atom is -0.461 e. The SMILES string of the molecule is COCCOc1nc(N)c2c(n1)N(Cc1ccc(-c3cccc(CN4CCN(C)CC4)c3)cc1)C(=O)C2. The van der Waals surface area contributed by atoms with Crippen molar-refractivity contribution in [2.75, 3.05) is 64.2 Å². The van der Waals surface area contributed by atoms with Gasteiger partial charge in [0.15, 0.2) is 0 Å². The van der Waals surface area contributed by atoms with Gasteiger partial charge in [0.25, 0.3) is 0 Å². The molecule has 2 aromatic carbocycles. The summed E-state index contributed by atoms with van der Waals surface area (Å²) < 4.78 is 10.6. The van der Waals surface area contributed by atoms with Gasteiger partial charge in [-0.15, -0.1) is 0 Å². The molecule has 3 heterocycles. The number of likely N-dealkylation sites (N-methyl/N-ethyl adjacent to an activating group) is 1. The van der Waals surface area contributed by atoms with Gasteiger partial charge in [0, 0.05) is 45.4 Å². The lowest BCUT2D eigenvalue weighted by Gasteiger charge is -2.32. The maximum Gasteiger partial charge on any atom is 0.320 e. The number of piperazine rings is 1. The van der Waals surface area contributed by atoms with Crippen LogP contribution in [0.15, 0.2) is 48.5 Å². The number of hydrogen-bond donors (Lipinski definition) is 1. The number of benzene rings is 2. The fourth-order valence-electron chi connectivity index (χ4n) is 4.77. The molecule has 9 nitrogen and oxygen atoms in total. The molecule has 37 heavy (non-hydrogen) atoms. The molecule has 194 valence electrons. The van der Waals surface area contributed by atoms with Crippen molar-refractivity contribution in [1.29, 1.82) is 0 Å². The first kappa shape index (κ1) is 25.1. The van der Waals surface area contributed by atoms with Crippen LogP contribution in [0.2, 0.25) is 0 Å². The first-order valence-corrected chi connectivity index (χ1v) is 12.7. The maximum atomic E-state index is 12.8. The van der Waals surface area contributed by atoms with E-state index in [-0.39, 0.29) is 24.2 Å².